The second-order valence-corrected chi connectivity index (χ2v) is 24.1. The number of aliphatic hydroxyl groups is 1. The molecule has 2 bridgehead atoms. The van der Waals surface area contributed by atoms with Crippen LogP contribution in [0.2, 0.25) is 5.04 Å². The molecule has 0 aromatic heterocycles. The van der Waals surface area contributed by atoms with E-state index in [0.29, 0.717) is 11.1 Å². The van der Waals surface area contributed by atoms with Crippen LogP contribution in [0, 0.1) is 40.9 Å². The van der Waals surface area contributed by atoms with Gasteiger partial charge in [-0.1, -0.05) is 138 Å². The molecule has 1 heterocycles. The average Bonchev–Trinajstić information content (AvgIpc) is 3.49. The van der Waals surface area contributed by atoms with E-state index < -0.39 is 49.0 Å². The first-order valence-electron chi connectivity index (χ1n) is 22.4. The number of methoxy groups -OCH3 is 2. The van der Waals surface area contributed by atoms with Gasteiger partial charge in [0.1, 0.15) is 24.9 Å². The van der Waals surface area contributed by atoms with Crippen molar-refractivity contribution in [3.8, 4) is 0 Å². The summed E-state index contributed by atoms with van der Waals surface area (Å²) in [6.45, 7) is 16.7. The summed E-state index contributed by atoms with van der Waals surface area (Å²) in [5.41, 5.74) is -1.43. The number of benzene rings is 2. The molecule has 0 unspecified atom stereocenters. The summed E-state index contributed by atoms with van der Waals surface area (Å²) in [5.74, 6) is -3.53. The Morgan fingerprint density at radius 3 is 2.08 bits per heavy atom. The first-order chi connectivity index (χ1) is 30.0. The lowest BCUT2D eigenvalue weighted by Crippen LogP contribution is -2.66. The van der Waals surface area contributed by atoms with E-state index >= 15 is 4.79 Å². The Hall–Kier alpha value is -4.23. The van der Waals surface area contributed by atoms with E-state index in [1.807, 2.05) is 62.4 Å². The van der Waals surface area contributed by atoms with Crippen molar-refractivity contribution in [1.82, 2.24) is 0 Å². The van der Waals surface area contributed by atoms with Gasteiger partial charge in [-0.3, -0.25) is 9.59 Å². The standard InChI is InChI=1S/C52H66O10Si/c1-32-21-24-42(53)33(2)26-41-43(59-30-57-9)27-36(29-61-63(50(5,6)7,37-17-13-11-14-18-37)38-19-15-12-16-20-38)28-52(41)48(55)44(49(56)62-52)47(54)51(8)40(32)23-22-39-45(51)34(3)25-35(4)46(39)60-31-58-10/h11-23,26-27,34-35,39-41,43,45-46,54H,24-25,28-31H2,1-10H3/b32-21?,33-26+,47-44?/t34-,35-,39-,40-,41+,43-,45+,46-,51+,52-/m0/s1. The Balaban J connectivity index is 1.40. The van der Waals surface area contributed by atoms with Gasteiger partial charge in [0.05, 0.1) is 24.7 Å². The lowest BCUT2D eigenvalue weighted by molar-refractivity contribution is -0.165. The Bertz CT molecular complexity index is 2160. The van der Waals surface area contributed by atoms with Crippen LogP contribution in [-0.4, -0.2) is 83.2 Å². The zero-order valence-electron chi connectivity index (χ0n) is 38.6. The number of rotatable bonds is 11. The second-order valence-electron chi connectivity index (χ2n) is 19.8. The van der Waals surface area contributed by atoms with E-state index in [2.05, 4.69) is 71.0 Å². The first kappa shape index (κ1) is 46.8. The third-order valence-electron chi connectivity index (χ3n) is 14.8. The van der Waals surface area contributed by atoms with Gasteiger partial charge in [0.2, 0.25) is 5.78 Å². The molecule has 338 valence electrons. The van der Waals surface area contributed by atoms with E-state index in [9.17, 15) is 14.7 Å². The summed E-state index contributed by atoms with van der Waals surface area (Å²) in [5, 5.41) is 14.9. The SMILES string of the molecule is COCO[C@@H]1[C@H]2C=C[C@H]3C(C)=CCC(=O)/C(C)=C/[C@@H]4[C@@H](OCOC)C=C(CO[Si](c5ccccc5)(c5ccccc5)C(C)(C)C)C[C@]45OC(=O)C(=C(O)[C@@]3(C)[C@@H]2[C@@H](C)C[C@@H]1C)C5=O. The predicted octanol–water partition coefficient (Wildman–Crippen LogP) is 8.13. The van der Waals surface area contributed by atoms with Crippen LogP contribution >= 0.6 is 0 Å². The summed E-state index contributed by atoms with van der Waals surface area (Å²) < 4.78 is 37.4. The fourth-order valence-electron chi connectivity index (χ4n) is 12.0. The molecule has 5 aliphatic rings. The molecular formula is C52H66O10Si. The summed E-state index contributed by atoms with van der Waals surface area (Å²) in [6.07, 6.45) is 9.56. The molecule has 2 fully saturated rings. The smallest absolute Gasteiger partial charge is 0.346 e. The van der Waals surface area contributed by atoms with Crippen LogP contribution < -0.4 is 10.4 Å². The van der Waals surface area contributed by atoms with Crippen LogP contribution in [0.5, 0.6) is 0 Å². The van der Waals surface area contributed by atoms with Gasteiger partial charge in [-0.25, -0.2) is 4.79 Å². The van der Waals surface area contributed by atoms with E-state index in [0.717, 1.165) is 22.4 Å². The van der Waals surface area contributed by atoms with E-state index in [4.69, 9.17) is 28.1 Å². The molecule has 1 aliphatic heterocycles. The number of ether oxygens (including phenoxy) is 5. The van der Waals surface area contributed by atoms with Gasteiger partial charge in [0, 0.05) is 44.3 Å². The first-order valence-corrected chi connectivity index (χ1v) is 24.3. The number of aliphatic hydroxyl groups excluding tert-OH is 1. The lowest BCUT2D eigenvalue weighted by Gasteiger charge is -2.56. The van der Waals surface area contributed by atoms with Crippen LogP contribution in [0.3, 0.4) is 0 Å². The highest BCUT2D eigenvalue weighted by Gasteiger charge is 2.65. The van der Waals surface area contributed by atoms with E-state index in [1.165, 1.54) is 7.11 Å². The Kier molecular flexibility index (Phi) is 13.6. The van der Waals surface area contributed by atoms with Crippen LogP contribution in [0.25, 0.3) is 0 Å². The zero-order chi connectivity index (χ0) is 45.5. The number of carbonyl (C=O) groups is 3. The quantitative estimate of drug-likeness (QED) is 0.0778. The van der Waals surface area contributed by atoms with Crippen LogP contribution in [0.1, 0.15) is 74.7 Å². The number of hydrogen-bond acceptors (Lipinski definition) is 10. The molecule has 1 spiro atoms. The number of esters is 1. The van der Waals surface area contributed by atoms with Crippen molar-refractivity contribution >= 4 is 36.2 Å². The van der Waals surface area contributed by atoms with Crippen LogP contribution in [0.4, 0.5) is 0 Å². The molecule has 1 saturated heterocycles. The number of fused-ring (bicyclic) bond motifs is 4. The van der Waals surface area contributed by atoms with Crippen molar-refractivity contribution in [3.05, 3.63) is 119 Å². The van der Waals surface area contributed by atoms with Crippen molar-refractivity contribution in [2.75, 3.05) is 34.4 Å². The van der Waals surface area contributed by atoms with Crippen LogP contribution in [-0.2, 0) is 42.5 Å². The summed E-state index contributed by atoms with van der Waals surface area (Å²) in [6, 6.07) is 20.6. The number of Topliss-reactive ketones (excluding diaryl/α,β-unsaturated/α-hetero) is 2. The van der Waals surface area contributed by atoms with Gasteiger partial charge in [-0.2, -0.15) is 0 Å². The molecule has 10 nitrogen and oxygen atoms in total. The minimum absolute atomic E-state index is 0.0355. The van der Waals surface area contributed by atoms with Crippen LogP contribution in [0.15, 0.2) is 119 Å². The molecule has 0 amide bonds. The topological polar surface area (TPSA) is 127 Å². The molecule has 7 rings (SSSR count). The molecule has 11 heteroatoms. The fourth-order valence-corrected chi connectivity index (χ4v) is 16.6. The fraction of sp³-hybridized carbons (Fsp3) is 0.519. The molecule has 2 aromatic rings. The molecular weight excluding hydrogens is 813 g/mol. The third kappa shape index (κ3) is 8.12. The highest BCUT2D eigenvalue weighted by atomic mass is 28.4. The molecule has 2 aromatic carbocycles. The van der Waals surface area contributed by atoms with Crippen molar-refractivity contribution in [3.63, 3.8) is 0 Å². The zero-order valence-corrected chi connectivity index (χ0v) is 39.6. The highest BCUT2D eigenvalue weighted by molar-refractivity contribution is 6.99. The summed E-state index contributed by atoms with van der Waals surface area (Å²) in [7, 11) is 0.0345. The molecule has 1 saturated carbocycles. The Morgan fingerprint density at radius 1 is 0.857 bits per heavy atom. The maximum absolute atomic E-state index is 15.7. The second kappa shape index (κ2) is 18.3. The van der Waals surface area contributed by atoms with E-state index in [-0.39, 0.29) is 85.0 Å². The molecule has 10 atom stereocenters. The highest BCUT2D eigenvalue weighted by Crippen LogP contribution is 2.60. The van der Waals surface area contributed by atoms with Gasteiger partial charge < -0.3 is 33.2 Å². The van der Waals surface area contributed by atoms with Crippen molar-refractivity contribution in [1.29, 1.82) is 0 Å². The van der Waals surface area contributed by atoms with Crippen molar-refractivity contribution in [2.24, 2.45) is 40.9 Å². The maximum Gasteiger partial charge on any atom is 0.346 e. The predicted molar refractivity (Wildman–Crippen MR) is 245 cm³/mol. The van der Waals surface area contributed by atoms with E-state index in [1.54, 1.807) is 20.1 Å². The molecule has 1 N–H and O–H groups in total. The van der Waals surface area contributed by atoms with Crippen molar-refractivity contribution < 1.29 is 47.6 Å². The minimum atomic E-state index is -3.07. The molecule has 0 radical (unpaired) electrons. The molecule has 4 aliphatic carbocycles. The van der Waals surface area contributed by atoms with Gasteiger partial charge in [-0.15, -0.1) is 0 Å². The largest absolute Gasteiger partial charge is 0.511 e. The normalized spacial score (nSPS) is 33.4. The average molecular weight is 879 g/mol. The number of ketones is 2. The maximum atomic E-state index is 15.7. The Labute approximate surface area is 374 Å². The number of hydrogen-bond donors (Lipinski definition) is 1. The van der Waals surface area contributed by atoms with Crippen molar-refractivity contribution in [2.45, 2.75) is 97.5 Å². The lowest BCUT2D eigenvalue weighted by atomic mass is 9.49. The monoisotopic (exact) mass is 878 g/mol. The van der Waals surface area contributed by atoms with Gasteiger partial charge in [0.15, 0.2) is 11.4 Å². The third-order valence-corrected chi connectivity index (χ3v) is 19.8. The van der Waals surface area contributed by atoms with Gasteiger partial charge in [-0.05, 0) is 64.6 Å². The van der Waals surface area contributed by atoms with Gasteiger partial charge in [0.25, 0.3) is 8.32 Å². The van der Waals surface area contributed by atoms with Gasteiger partial charge >= 0.3 is 5.97 Å². The summed E-state index contributed by atoms with van der Waals surface area (Å²) in [4.78, 5) is 44.6. The minimum Gasteiger partial charge on any atom is -0.511 e. The summed E-state index contributed by atoms with van der Waals surface area (Å²) >= 11 is 0. The number of allylic oxidation sites excluding steroid dienone is 5. The molecule has 63 heavy (non-hydrogen) atoms. The number of carbonyl (C=O) groups excluding carboxylic acids is 3. The Morgan fingerprint density at radius 2 is 1.48 bits per heavy atom.